The Kier molecular flexibility index (Phi) is 4.50. The van der Waals surface area contributed by atoms with E-state index in [1.807, 2.05) is 24.3 Å². The summed E-state index contributed by atoms with van der Waals surface area (Å²) in [7, 11) is 0. The van der Waals surface area contributed by atoms with Crippen molar-refractivity contribution in [2.24, 2.45) is 0 Å². The van der Waals surface area contributed by atoms with E-state index in [2.05, 4.69) is 15.6 Å². The lowest BCUT2D eigenvalue weighted by molar-refractivity contribution is -0.141. The molecule has 2 fully saturated rings. The van der Waals surface area contributed by atoms with Crippen LogP contribution in [-0.2, 0) is 16.1 Å². The number of fused-ring (bicyclic) bond motifs is 1. The number of amides is 2. The molecule has 2 aliphatic rings. The summed E-state index contributed by atoms with van der Waals surface area (Å²) in [6.07, 6.45) is 2.22. The van der Waals surface area contributed by atoms with Crippen molar-refractivity contribution >= 4 is 22.8 Å². The number of imidazole rings is 1. The van der Waals surface area contributed by atoms with Crippen LogP contribution < -0.4 is 16.3 Å². The van der Waals surface area contributed by atoms with Gasteiger partial charge >= 0.3 is 5.69 Å². The molecule has 26 heavy (non-hydrogen) atoms. The van der Waals surface area contributed by atoms with Gasteiger partial charge in [0.05, 0.1) is 11.0 Å². The van der Waals surface area contributed by atoms with Gasteiger partial charge in [0, 0.05) is 38.6 Å². The van der Waals surface area contributed by atoms with Gasteiger partial charge < -0.3 is 20.5 Å². The summed E-state index contributed by atoms with van der Waals surface area (Å²) >= 11 is 0. The number of para-hydroxylation sites is 2. The number of rotatable bonds is 5. The number of carbonyl (C=O) groups is 2. The smallest absolute Gasteiger partial charge is 0.326 e. The van der Waals surface area contributed by atoms with Gasteiger partial charge in [-0.15, -0.1) is 0 Å². The molecule has 2 aromatic rings. The Bertz CT molecular complexity index is 882. The molecule has 3 N–H and O–H groups in total. The van der Waals surface area contributed by atoms with Gasteiger partial charge in [0.1, 0.15) is 6.04 Å². The van der Waals surface area contributed by atoms with Gasteiger partial charge in [0.15, 0.2) is 0 Å². The standard InChI is InChI=1S/C18H23N5O3/c24-16(7-9-23-14-4-2-1-3-13(14)21-18(23)26)22-10-8-19-11-15(22)17(25)20-12-5-6-12/h1-4,12,15,19H,5-11H2,(H,20,25)(H,21,26)/t15-/m0/s1. The van der Waals surface area contributed by atoms with Gasteiger partial charge in [0.25, 0.3) is 0 Å². The van der Waals surface area contributed by atoms with E-state index in [0.29, 0.717) is 26.2 Å². The van der Waals surface area contributed by atoms with Crippen LogP contribution in [0.3, 0.4) is 0 Å². The molecule has 1 aromatic carbocycles. The number of H-pyrrole nitrogens is 1. The highest BCUT2D eigenvalue weighted by Crippen LogP contribution is 2.19. The Morgan fingerprint density at radius 2 is 2.04 bits per heavy atom. The molecule has 0 radical (unpaired) electrons. The van der Waals surface area contributed by atoms with Crippen LogP contribution in [-0.4, -0.2) is 58.0 Å². The minimum atomic E-state index is -0.475. The van der Waals surface area contributed by atoms with Crippen molar-refractivity contribution in [3.8, 4) is 0 Å². The molecular weight excluding hydrogens is 334 g/mol. The van der Waals surface area contributed by atoms with Crippen molar-refractivity contribution in [3.05, 3.63) is 34.7 Å². The highest BCUT2D eigenvalue weighted by Gasteiger charge is 2.34. The van der Waals surface area contributed by atoms with E-state index in [9.17, 15) is 14.4 Å². The minimum absolute atomic E-state index is 0.0858. The number of nitrogens with one attached hydrogen (secondary N) is 3. The SMILES string of the molecule is O=C(NC1CC1)[C@@H]1CNCCN1C(=O)CCn1c(=O)[nH]c2ccccc21. The first-order valence-electron chi connectivity index (χ1n) is 9.11. The van der Waals surface area contributed by atoms with Crippen LogP contribution in [0.15, 0.2) is 29.1 Å². The van der Waals surface area contributed by atoms with Crippen LogP contribution in [0, 0.1) is 0 Å². The quantitative estimate of drug-likeness (QED) is 0.690. The molecule has 0 unspecified atom stereocenters. The van der Waals surface area contributed by atoms with E-state index < -0.39 is 6.04 Å². The zero-order valence-corrected chi connectivity index (χ0v) is 14.5. The van der Waals surface area contributed by atoms with Crippen LogP contribution >= 0.6 is 0 Å². The van der Waals surface area contributed by atoms with Crippen LogP contribution in [0.2, 0.25) is 0 Å². The average molecular weight is 357 g/mol. The third-order valence-electron chi connectivity index (χ3n) is 5.02. The first kappa shape index (κ1) is 16.8. The Morgan fingerprint density at radius 1 is 1.23 bits per heavy atom. The fourth-order valence-corrected chi connectivity index (χ4v) is 3.44. The molecular formula is C18H23N5O3. The molecule has 2 amide bonds. The van der Waals surface area contributed by atoms with Crippen molar-refractivity contribution in [2.75, 3.05) is 19.6 Å². The third-order valence-corrected chi connectivity index (χ3v) is 5.02. The monoisotopic (exact) mass is 357 g/mol. The first-order chi connectivity index (χ1) is 12.6. The lowest BCUT2D eigenvalue weighted by atomic mass is 10.1. The summed E-state index contributed by atoms with van der Waals surface area (Å²) < 4.78 is 1.58. The molecule has 1 saturated carbocycles. The maximum atomic E-state index is 12.7. The molecule has 0 bridgehead atoms. The number of aromatic amines is 1. The number of aryl methyl sites for hydroxylation is 1. The third kappa shape index (κ3) is 3.37. The molecule has 1 aromatic heterocycles. The number of carbonyl (C=O) groups excluding carboxylic acids is 2. The molecule has 1 atom stereocenters. The second-order valence-electron chi connectivity index (χ2n) is 6.94. The Labute approximate surface area is 150 Å². The molecule has 8 nitrogen and oxygen atoms in total. The van der Waals surface area contributed by atoms with Crippen molar-refractivity contribution in [2.45, 2.75) is 37.9 Å². The van der Waals surface area contributed by atoms with Gasteiger partial charge in [-0.25, -0.2) is 4.79 Å². The van der Waals surface area contributed by atoms with E-state index in [1.54, 1.807) is 9.47 Å². The number of nitrogens with zero attached hydrogens (tertiary/aromatic N) is 2. The van der Waals surface area contributed by atoms with E-state index in [4.69, 9.17) is 0 Å². The fourth-order valence-electron chi connectivity index (χ4n) is 3.44. The fraction of sp³-hybridized carbons (Fsp3) is 0.500. The van der Waals surface area contributed by atoms with Crippen molar-refractivity contribution in [1.29, 1.82) is 0 Å². The number of hydrogen-bond donors (Lipinski definition) is 3. The van der Waals surface area contributed by atoms with E-state index in [-0.39, 0.29) is 30.0 Å². The predicted molar refractivity (Wildman–Crippen MR) is 96.7 cm³/mol. The second kappa shape index (κ2) is 6.95. The maximum Gasteiger partial charge on any atom is 0.326 e. The molecule has 0 spiro atoms. The van der Waals surface area contributed by atoms with Gasteiger partial charge in [-0.05, 0) is 25.0 Å². The normalized spacial score (nSPS) is 20.3. The molecule has 1 aliphatic heterocycles. The topological polar surface area (TPSA) is 99.2 Å². The summed E-state index contributed by atoms with van der Waals surface area (Å²) in [5, 5.41) is 6.16. The lowest BCUT2D eigenvalue weighted by Gasteiger charge is -2.35. The zero-order valence-electron chi connectivity index (χ0n) is 14.5. The van der Waals surface area contributed by atoms with E-state index in [1.165, 1.54) is 0 Å². The zero-order chi connectivity index (χ0) is 18.1. The highest BCUT2D eigenvalue weighted by atomic mass is 16.2. The van der Waals surface area contributed by atoms with Crippen LogP contribution in [0.1, 0.15) is 19.3 Å². The highest BCUT2D eigenvalue weighted by molar-refractivity contribution is 5.88. The molecule has 1 saturated heterocycles. The second-order valence-corrected chi connectivity index (χ2v) is 6.94. The van der Waals surface area contributed by atoms with Gasteiger partial charge in [-0.3, -0.25) is 14.2 Å². The Balaban J connectivity index is 1.44. The molecule has 4 rings (SSSR count). The summed E-state index contributed by atoms with van der Waals surface area (Å²) in [6.45, 7) is 1.94. The van der Waals surface area contributed by atoms with Crippen LogP contribution in [0.5, 0.6) is 0 Å². The van der Waals surface area contributed by atoms with Crippen LogP contribution in [0.4, 0.5) is 0 Å². The summed E-state index contributed by atoms with van der Waals surface area (Å²) in [4.78, 5) is 41.7. The number of piperazine rings is 1. The van der Waals surface area contributed by atoms with E-state index in [0.717, 1.165) is 23.9 Å². The van der Waals surface area contributed by atoms with Gasteiger partial charge in [-0.2, -0.15) is 0 Å². The van der Waals surface area contributed by atoms with Crippen molar-refractivity contribution in [1.82, 2.24) is 25.1 Å². The average Bonchev–Trinajstić information content (AvgIpc) is 3.40. The van der Waals surface area contributed by atoms with Crippen molar-refractivity contribution in [3.63, 3.8) is 0 Å². The number of aromatic nitrogens is 2. The van der Waals surface area contributed by atoms with Gasteiger partial charge in [0.2, 0.25) is 11.8 Å². The molecule has 1 aliphatic carbocycles. The number of benzene rings is 1. The van der Waals surface area contributed by atoms with Crippen molar-refractivity contribution < 1.29 is 9.59 Å². The molecule has 8 heteroatoms. The number of hydrogen-bond acceptors (Lipinski definition) is 4. The Hall–Kier alpha value is -2.61. The molecule has 2 heterocycles. The minimum Gasteiger partial charge on any atom is -0.352 e. The molecule has 138 valence electrons. The largest absolute Gasteiger partial charge is 0.352 e. The summed E-state index contributed by atoms with van der Waals surface area (Å²) in [6, 6.07) is 7.21. The maximum absolute atomic E-state index is 12.7. The predicted octanol–water partition coefficient (Wildman–Crippen LogP) is -0.201. The van der Waals surface area contributed by atoms with Gasteiger partial charge in [-0.1, -0.05) is 12.1 Å². The summed E-state index contributed by atoms with van der Waals surface area (Å²) in [5.74, 6) is -0.183. The lowest BCUT2D eigenvalue weighted by Crippen LogP contribution is -2.59. The summed E-state index contributed by atoms with van der Waals surface area (Å²) in [5.41, 5.74) is 1.32. The van der Waals surface area contributed by atoms with Crippen LogP contribution in [0.25, 0.3) is 11.0 Å². The first-order valence-corrected chi connectivity index (χ1v) is 9.11. The Morgan fingerprint density at radius 3 is 2.85 bits per heavy atom. The van der Waals surface area contributed by atoms with E-state index >= 15 is 0 Å².